The maximum absolute atomic E-state index is 8.89. The molecule has 0 unspecified atom stereocenters. The minimum absolute atomic E-state index is 0.903. The molecule has 0 amide bonds. The third-order valence-corrected chi connectivity index (χ3v) is 8.26. The number of carboxylic acid groups (broad SMARTS) is 1. The number of carbonyl (C=O) groups is 1. The van der Waals surface area contributed by atoms with Crippen molar-refractivity contribution in [3.05, 3.63) is 202 Å². The van der Waals surface area contributed by atoms with Crippen LogP contribution >= 0.6 is 8.60 Å². The Morgan fingerprint density at radius 2 is 0.367 bits per heavy atom. The first-order valence-corrected chi connectivity index (χ1v) is 20.7. The molecule has 0 saturated heterocycles. The second kappa shape index (κ2) is 47.1. The van der Waals surface area contributed by atoms with Gasteiger partial charge < -0.3 is 51.1 Å². The van der Waals surface area contributed by atoms with Gasteiger partial charge in [-0.15, -0.1) is 0 Å². The standard InChI is InChI=1S/4C12H20N.C2H4O2.O3P/c4*1-5-9-13(10-6-2,11-7-3)12-8-4;1-2(3)4;1-4(2)3/h4*5-8H,1-4,9-12H2;1H3,(H,3,4);/q4*+1;;-3/p-1. The fraction of sp³-hybridized carbons (Fsp3) is 0.340. The van der Waals surface area contributed by atoms with Crippen molar-refractivity contribution in [3.63, 3.8) is 0 Å². The number of quaternary nitrogens is 4. The number of carbonyl (C=O) groups excluding carboxylic acids is 1. The van der Waals surface area contributed by atoms with Gasteiger partial charge in [-0.05, 0) is 104 Å². The molecule has 0 spiro atoms. The van der Waals surface area contributed by atoms with E-state index in [0.717, 1.165) is 130 Å². The van der Waals surface area contributed by atoms with Crippen molar-refractivity contribution in [1.29, 1.82) is 0 Å². The molecular formula is C50H83N4O5P. The Kier molecular flexibility index (Phi) is 52.8. The molecule has 60 heavy (non-hydrogen) atoms. The highest BCUT2D eigenvalue weighted by molar-refractivity contribution is 7.33. The van der Waals surface area contributed by atoms with Crippen LogP contribution < -0.4 is 19.8 Å². The molecule has 0 aliphatic carbocycles. The zero-order valence-corrected chi connectivity index (χ0v) is 38.5. The summed E-state index contributed by atoms with van der Waals surface area (Å²) in [5, 5.41) is 8.89. The van der Waals surface area contributed by atoms with Gasteiger partial charge >= 0.3 is 0 Å². The number of carboxylic acids is 1. The highest BCUT2D eigenvalue weighted by Crippen LogP contribution is 2.10. The van der Waals surface area contributed by atoms with Crippen LogP contribution in [-0.2, 0) is 4.79 Å². The number of rotatable bonds is 32. The highest BCUT2D eigenvalue weighted by atomic mass is 31.2. The summed E-state index contributed by atoms with van der Waals surface area (Å²) < 4.78 is 3.61. The van der Waals surface area contributed by atoms with E-state index in [1.807, 2.05) is 97.2 Å². The van der Waals surface area contributed by atoms with Crippen LogP contribution in [0.25, 0.3) is 0 Å². The van der Waals surface area contributed by atoms with Crippen LogP contribution in [0.4, 0.5) is 0 Å². The first-order chi connectivity index (χ1) is 28.4. The zero-order chi connectivity index (χ0) is 47.8. The average molecular weight is 851 g/mol. The summed E-state index contributed by atoms with van der Waals surface area (Å²) in [6.07, 6.45) is 31.1. The molecule has 0 saturated carbocycles. The Morgan fingerprint density at radius 3 is 0.400 bits per heavy atom. The Balaban J connectivity index is -0.000000152. The second-order valence-electron chi connectivity index (χ2n) is 13.6. The molecule has 0 rings (SSSR count). The minimum Gasteiger partial charge on any atom is -0.854 e. The SMILES string of the molecule is C=CC[N+](CC=C)(CC=C)CC=C.C=CC[N+](CC=C)(CC=C)CC=C.C=CC[N+](CC=C)(CC=C)CC=C.C=CC[N+](CC=C)(CC=C)CC=C.CC(=O)[O-].[O-]P([O-])[O-]. The van der Waals surface area contributed by atoms with Crippen LogP contribution in [0, 0.1) is 0 Å². The average Bonchev–Trinajstić information content (AvgIpc) is 3.14. The van der Waals surface area contributed by atoms with Gasteiger partial charge in [0.25, 0.3) is 0 Å². The van der Waals surface area contributed by atoms with Crippen molar-refractivity contribution in [2.45, 2.75) is 6.92 Å². The molecule has 0 aliphatic rings. The number of hydrogen-bond acceptors (Lipinski definition) is 5. The van der Waals surface area contributed by atoms with Gasteiger partial charge in [0.2, 0.25) is 0 Å². The molecule has 0 aliphatic heterocycles. The van der Waals surface area contributed by atoms with Gasteiger partial charge in [0, 0.05) is 5.97 Å². The van der Waals surface area contributed by atoms with Crippen molar-refractivity contribution < 1.29 is 42.5 Å². The molecule has 0 fully saturated rings. The molecule has 0 aromatic heterocycles. The molecule has 9 nitrogen and oxygen atoms in total. The molecule has 0 N–H and O–H groups in total. The lowest BCUT2D eigenvalue weighted by molar-refractivity contribution is -0.906. The van der Waals surface area contributed by atoms with Crippen LogP contribution in [0.1, 0.15) is 6.92 Å². The lowest BCUT2D eigenvalue weighted by atomic mass is 10.3. The topological polar surface area (TPSA) is 109 Å². The van der Waals surface area contributed by atoms with Gasteiger partial charge in [-0.3, -0.25) is 0 Å². The lowest BCUT2D eigenvalue weighted by Gasteiger charge is -2.39. The Hall–Kier alpha value is -4.54. The number of aliphatic carboxylic acids is 1. The normalized spacial score (nSPS) is 10.1. The van der Waals surface area contributed by atoms with E-state index in [1.165, 1.54) is 0 Å². The first-order valence-electron chi connectivity index (χ1n) is 19.6. The summed E-state index contributed by atoms with van der Waals surface area (Å²) >= 11 is 0. The van der Waals surface area contributed by atoms with Crippen LogP contribution in [0.5, 0.6) is 0 Å². The van der Waals surface area contributed by atoms with E-state index >= 15 is 0 Å². The van der Waals surface area contributed by atoms with Gasteiger partial charge in [-0.2, -0.15) is 0 Å². The summed E-state index contributed by atoms with van der Waals surface area (Å²) in [7, 11) is -3.37. The predicted molar refractivity (Wildman–Crippen MR) is 260 cm³/mol. The quantitative estimate of drug-likeness (QED) is 0.0453. The van der Waals surface area contributed by atoms with Crippen LogP contribution in [0.3, 0.4) is 0 Å². The third kappa shape index (κ3) is 41.6. The van der Waals surface area contributed by atoms with E-state index in [0.29, 0.717) is 0 Å². The molecular weight excluding hydrogens is 768 g/mol. The Morgan fingerprint density at radius 1 is 0.317 bits per heavy atom. The largest absolute Gasteiger partial charge is 0.854 e. The first kappa shape index (κ1) is 67.2. The molecule has 0 atom stereocenters. The Labute approximate surface area is 370 Å². The Bertz CT molecular complexity index is 922. The summed E-state index contributed by atoms with van der Waals surface area (Å²) in [6.45, 7) is 76.3. The monoisotopic (exact) mass is 851 g/mol. The maximum atomic E-state index is 8.89. The van der Waals surface area contributed by atoms with Crippen molar-refractivity contribution >= 4 is 14.6 Å². The molecule has 0 radical (unpaired) electrons. The van der Waals surface area contributed by atoms with E-state index < -0.39 is 14.6 Å². The molecule has 0 heterocycles. The summed E-state index contributed by atoms with van der Waals surface area (Å²) in [6, 6.07) is 0. The van der Waals surface area contributed by atoms with E-state index in [4.69, 9.17) is 24.6 Å². The van der Waals surface area contributed by atoms with Gasteiger partial charge in [0.05, 0.1) is 105 Å². The van der Waals surface area contributed by atoms with Crippen LogP contribution in [0.15, 0.2) is 202 Å². The van der Waals surface area contributed by atoms with E-state index in [9.17, 15) is 0 Å². The third-order valence-electron chi connectivity index (χ3n) is 8.26. The predicted octanol–water partition coefficient (Wildman–Crippen LogP) is 6.24. The van der Waals surface area contributed by atoms with Gasteiger partial charge in [-0.1, -0.05) is 105 Å². The molecule has 10 heteroatoms. The van der Waals surface area contributed by atoms with Crippen LogP contribution in [0.2, 0.25) is 0 Å². The fourth-order valence-corrected chi connectivity index (χ4v) is 6.17. The van der Waals surface area contributed by atoms with Crippen molar-refractivity contribution in [1.82, 2.24) is 0 Å². The summed E-state index contributed by atoms with van der Waals surface area (Å²) in [5.74, 6) is -1.08. The van der Waals surface area contributed by atoms with Gasteiger partial charge in [-0.25, -0.2) is 0 Å². The number of hydrogen-bond donors (Lipinski definition) is 0. The second-order valence-corrected chi connectivity index (χ2v) is 14.1. The summed E-state index contributed by atoms with van der Waals surface area (Å²) in [5.41, 5.74) is 0. The van der Waals surface area contributed by atoms with Gasteiger partial charge in [0.1, 0.15) is 0 Å². The molecule has 0 aromatic carbocycles. The molecule has 0 aromatic rings. The molecule has 0 bridgehead atoms. The maximum Gasteiger partial charge on any atom is 0.0978 e. The van der Waals surface area contributed by atoms with E-state index in [1.54, 1.807) is 0 Å². The number of nitrogens with zero attached hydrogens (tertiary/aromatic N) is 4. The van der Waals surface area contributed by atoms with Crippen LogP contribution in [-0.4, -0.2) is 129 Å². The van der Waals surface area contributed by atoms with Crippen molar-refractivity contribution in [3.8, 4) is 0 Å². The minimum atomic E-state index is -3.37. The van der Waals surface area contributed by atoms with E-state index in [-0.39, 0.29) is 0 Å². The van der Waals surface area contributed by atoms with Crippen molar-refractivity contribution in [2.75, 3.05) is 105 Å². The van der Waals surface area contributed by atoms with Crippen molar-refractivity contribution in [2.24, 2.45) is 0 Å². The summed E-state index contributed by atoms with van der Waals surface area (Å²) in [4.78, 5) is 34.3. The zero-order valence-electron chi connectivity index (χ0n) is 37.6. The molecule has 338 valence electrons. The lowest BCUT2D eigenvalue weighted by Crippen LogP contribution is -2.48. The fourth-order valence-electron chi connectivity index (χ4n) is 6.17. The highest BCUT2D eigenvalue weighted by Gasteiger charge is 2.23. The smallest absolute Gasteiger partial charge is 0.0978 e. The van der Waals surface area contributed by atoms with Gasteiger partial charge in [0.15, 0.2) is 0 Å². The van der Waals surface area contributed by atoms with E-state index in [2.05, 4.69) is 105 Å².